The fourth-order valence-corrected chi connectivity index (χ4v) is 3.21. The number of rotatable bonds is 6. The molecule has 1 fully saturated rings. The lowest BCUT2D eigenvalue weighted by Gasteiger charge is -2.25. The van der Waals surface area contributed by atoms with Gasteiger partial charge in [-0.3, -0.25) is 4.79 Å². The molecular formula is C8H16N2O4S2. The van der Waals surface area contributed by atoms with Crippen molar-refractivity contribution in [2.45, 2.75) is 0 Å². The third-order valence-electron chi connectivity index (χ3n) is 2.17. The molecule has 0 aliphatic carbocycles. The van der Waals surface area contributed by atoms with E-state index in [0.717, 1.165) is 24.6 Å². The number of aliphatic carboxylic acids is 1. The van der Waals surface area contributed by atoms with Crippen molar-refractivity contribution in [1.29, 1.82) is 0 Å². The van der Waals surface area contributed by atoms with E-state index in [1.807, 2.05) is 11.8 Å². The number of hydrogen-bond acceptors (Lipinski definition) is 5. The first kappa shape index (κ1) is 13.8. The molecule has 1 aliphatic rings. The van der Waals surface area contributed by atoms with Gasteiger partial charge in [0, 0.05) is 37.7 Å². The van der Waals surface area contributed by atoms with E-state index in [1.165, 1.54) is 0 Å². The quantitative estimate of drug-likeness (QED) is 0.645. The Labute approximate surface area is 99.4 Å². The van der Waals surface area contributed by atoms with Gasteiger partial charge in [-0.05, 0) is 0 Å². The van der Waals surface area contributed by atoms with Crippen molar-refractivity contribution < 1.29 is 18.3 Å². The van der Waals surface area contributed by atoms with Gasteiger partial charge in [0.05, 0.1) is 0 Å². The van der Waals surface area contributed by atoms with Gasteiger partial charge >= 0.3 is 5.97 Å². The minimum Gasteiger partial charge on any atom is -0.480 e. The first-order valence-electron chi connectivity index (χ1n) is 4.99. The zero-order valence-electron chi connectivity index (χ0n) is 8.89. The van der Waals surface area contributed by atoms with E-state index in [1.54, 1.807) is 0 Å². The molecule has 0 aromatic carbocycles. The van der Waals surface area contributed by atoms with Crippen molar-refractivity contribution in [3.8, 4) is 0 Å². The summed E-state index contributed by atoms with van der Waals surface area (Å²) < 4.78 is 24.6. The average molecular weight is 268 g/mol. The predicted molar refractivity (Wildman–Crippen MR) is 63.2 cm³/mol. The van der Waals surface area contributed by atoms with Gasteiger partial charge in [0.2, 0.25) is 10.0 Å². The highest BCUT2D eigenvalue weighted by molar-refractivity contribution is 7.99. The Morgan fingerprint density at radius 3 is 2.56 bits per heavy atom. The van der Waals surface area contributed by atoms with Gasteiger partial charge in [-0.1, -0.05) is 0 Å². The number of nitrogens with one attached hydrogen (secondary N) is 1. The third-order valence-corrected chi connectivity index (χ3v) is 4.38. The van der Waals surface area contributed by atoms with Crippen LogP contribution in [0.15, 0.2) is 0 Å². The molecule has 1 rings (SSSR count). The highest BCUT2D eigenvalue weighted by atomic mass is 32.2. The van der Waals surface area contributed by atoms with E-state index in [4.69, 9.17) is 5.11 Å². The van der Waals surface area contributed by atoms with E-state index in [-0.39, 0.29) is 6.54 Å². The predicted octanol–water partition coefficient (Wildman–Crippen LogP) is -0.961. The highest BCUT2D eigenvalue weighted by Crippen LogP contribution is 2.07. The molecule has 1 heterocycles. The molecule has 0 atom stereocenters. The van der Waals surface area contributed by atoms with Crippen molar-refractivity contribution in [2.75, 3.05) is 43.4 Å². The van der Waals surface area contributed by atoms with Crippen molar-refractivity contribution in [3.63, 3.8) is 0 Å². The molecule has 0 amide bonds. The Hall–Kier alpha value is -0.310. The Balaban J connectivity index is 2.21. The van der Waals surface area contributed by atoms with Crippen LogP contribution in [-0.4, -0.2) is 67.8 Å². The second kappa shape index (κ2) is 6.43. The van der Waals surface area contributed by atoms with E-state index in [9.17, 15) is 13.2 Å². The number of carboxylic acids is 1. The van der Waals surface area contributed by atoms with Crippen LogP contribution in [-0.2, 0) is 14.8 Å². The lowest BCUT2D eigenvalue weighted by Crippen LogP contribution is -2.40. The number of hydrogen-bond donors (Lipinski definition) is 2. The summed E-state index contributed by atoms with van der Waals surface area (Å²) in [6.45, 7) is 2.84. The molecule has 1 aliphatic heterocycles. The summed E-state index contributed by atoms with van der Waals surface area (Å²) in [5.74, 6) is -0.0473. The lowest BCUT2D eigenvalue weighted by atomic mass is 10.5. The summed E-state index contributed by atoms with van der Waals surface area (Å²) in [5, 5.41) is 8.36. The van der Waals surface area contributed by atoms with Gasteiger partial charge in [0.25, 0.3) is 0 Å². The molecular weight excluding hydrogens is 252 g/mol. The smallest absolute Gasteiger partial charge is 0.320 e. The minimum atomic E-state index is -3.66. The molecule has 94 valence electrons. The number of sulfonamides is 1. The van der Waals surface area contributed by atoms with Crippen LogP contribution in [0.3, 0.4) is 0 Å². The largest absolute Gasteiger partial charge is 0.480 e. The van der Waals surface area contributed by atoms with Gasteiger partial charge in [-0.15, -0.1) is 0 Å². The van der Waals surface area contributed by atoms with Crippen LogP contribution in [0.4, 0.5) is 0 Å². The first-order chi connectivity index (χ1) is 7.49. The first-order valence-corrected chi connectivity index (χ1v) is 7.79. The maximum absolute atomic E-state index is 11.2. The Morgan fingerprint density at radius 1 is 1.38 bits per heavy atom. The highest BCUT2D eigenvalue weighted by Gasteiger charge is 2.16. The number of carbonyl (C=O) groups is 1. The summed E-state index contributed by atoms with van der Waals surface area (Å²) in [6, 6.07) is 0. The Kier molecular flexibility index (Phi) is 5.53. The average Bonchev–Trinajstić information content (AvgIpc) is 2.16. The molecule has 16 heavy (non-hydrogen) atoms. The van der Waals surface area contributed by atoms with E-state index >= 15 is 0 Å². The van der Waals surface area contributed by atoms with Crippen LogP contribution in [0.25, 0.3) is 0 Å². The SMILES string of the molecule is O=C(O)CS(=O)(=O)NCCN1CCSCC1. The van der Waals surface area contributed by atoms with Gasteiger partial charge in [0.1, 0.15) is 0 Å². The summed E-state index contributed by atoms with van der Waals surface area (Å²) in [5.41, 5.74) is 0. The van der Waals surface area contributed by atoms with E-state index in [0.29, 0.717) is 6.54 Å². The third kappa shape index (κ3) is 5.69. The van der Waals surface area contributed by atoms with Crippen molar-refractivity contribution in [1.82, 2.24) is 9.62 Å². The minimum absolute atomic E-state index is 0.278. The molecule has 0 aromatic rings. The molecule has 0 spiro atoms. The number of nitrogens with zero attached hydrogens (tertiary/aromatic N) is 1. The number of carboxylic acid groups (broad SMARTS) is 1. The van der Waals surface area contributed by atoms with Crippen LogP contribution in [0.1, 0.15) is 0 Å². The second-order valence-electron chi connectivity index (χ2n) is 3.50. The van der Waals surface area contributed by atoms with Crippen LogP contribution < -0.4 is 4.72 Å². The number of thioether (sulfide) groups is 1. The fourth-order valence-electron chi connectivity index (χ4n) is 1.40. The van der Waals surface area contributed by atoms with Crippen molar-refractivity contribution >= 4 is 27.8 Å². The maximum atomic E-state index is 11.2. The molecule has 2 N–H and O–H groups in total. The second-order valence-corrected chi connectivity index (χ2v) is 6.53. The molecule has 0 aromatic heterocycles. The van der Waals surface area contributed by atoms with Crippen LogP contribution in [0, 0.1) is 0 Å². The summed E-state index contributed by atoms with van der Waals surface area (Å²) in [7, 11) is -3.66. The van der Waals surface area contributed by atoms with Crippen LogP contribution >= 0.6 is 11.8 Å². The molecule has 0 radical (unpaired) electrons. The van der Waals surface area contributed by atoms with Crippen LogP contribution in [0.2, 0.25) is 0 Å². The molecule has 0 saturated carbocycles. The lowest BCUT2D eigenvalue weighted by molar-refractivity contribution is -0.134. The summed E-state index contributed by atoms with van der Waals surface area (Å²) >= 11 is 1.89. The van der Waals surface area contributed by atoms with Gasteiger partial charge in [-0.25, -0.2) is 13.1 Å². The monoisotopic (exact) mass is 268 g/mol. The van der Waals surface area contributed by atoms with E-state index in [2.05, 4.69) is 9.62 Å². The molecule has 8 heteroatoms. The summed E-state index contributed by atoms with van der Waals surface area (Å²) in [6.07, 6.45) is 0. The van der Waals surface area contributed by atoms with Gasteiger partial charge in [-0.2, -0.15) is 11.8 Å². The molecule has 0 bridgehead atoms. The zero-order valence-corrected chi connectivity index (χ0v) is 10.5. The van der Waals surface area contributed by atoms with Crippen molar-refractivity contribution in [2.24, 2.45) is 0 Å². The molecule has 0 unspecified atom stereocenters. The zero-order chi connectivity index (χ0) is 12.0. The normalized spacial score (nSPS) is 18.5. The van der Waals surface area contributed by atoms with Gasteiger partial charge in [0.15, 0.2) is 5.75 Å². The van der Waals surface area contributed by atoms with Crippen LogP contribution in [0.5, 0.6) is 0 Å². The topological polar surface area (TPSA) is 86.7 Å². The molecule has 6 nitrogen and oxygen atoms in total. The van der Waals surface area contributed by atoms with Crippen molar-refractivity contribution in [3.05, 3.63) is 0 Å². The Bertz CT molecular complexity index is 325. The maximum Gasteiger partial charge on any atom is 0.320 e. The standard InChI is InChI=1S/C8H16N2O4S2/c11-8(12)7-16(13,14)9-1-2-10-3-5-15-6-4-10/h9H,1-7H2,(H,11,12). The molecule has 1 saturated heterocycles. The summed E-state index contributed by atoms with van der Waals surface area (Å²) in [4.78, 5) is 12.4. The fraction of sp³-hybridized carbons (Fsp3) is 0.875. The Morgan fingerprint density at radius 2 is 2.00 bits per heavy atom. The van der Waals surface area contributed by atoms with E-state index < -0.39 is 21.7 Å². The van der Waals surface area contributed by atoms with Gasteiger partial charge < -0.3 is 10.0 Å².